The molecule has 3 rings (SSSR count). The molecule has 2 aromatic carbocycles. The van der Waals surface area contributed by atoms with E-state index in [9.17, 15) is 4.79 Å². The second kappa shape index (κ2) is 6.53. The first kappa shape index (κ1) is 14.5. The molecule has 2 N–H and O–H groups in total. The molecule has 0 aromatic heterocycles. The van der Waals surface area contributed by atoms with Gasteiger partial charge in [0.25, 0.3) is 5.91 Å². The Morgan fingerprint density at radius 2 is 1.75 bits per heavy atom. The Balaban J connectivity index is 0.00000147. The molecule has 0 bridgehead atoms. The Bertz CT molecular complexity index is 583. The first-order chi connectivity index (χ1) is 9.34. The zero-order chi connectivity index (χ0) is 13.1. The van der Waals surface area contributed by atoms with Gasteiger partial charge in [-0.1, -0.05) is 43.8 Å². The molecule has 0 aliphatic carbocycles. The number of rotatable bonds is 2. The third kappa shape index (κ3) is 2.99. The summed E-state index contributed by atoms with van der Waals surface area (Å²) in [5, 5.41) is 8.59. The zero-order valence-corrected chi connectivity index (χ0v) is 10.9. The SMILES string of the molecule is C.O=C(NC1CCNCC1)c1cccc2ccccc12. The van der Waals surface area contributed by atoms with Gasteiger partial charge in [0.1, 0.15) is 0 Å². The summed E-state index contributed by atoms with van der Waals surface area (Å²) in [6, 6.07) is 14.2. The van der Waals surface area contributed by atoms with Gasteiger partial charge in [-0.05, 0) is 42.8 Å². The molecule has 20 heavy (non-hydrogen) atoms. The number of piperidine rings is 1. The number of fused-ring (bicyclic) bond motifs is 1. The van der Waals surface area contributed by atoms with Crippen molar-refractivity contribution in [3.05, 3.63) is 48.0 Å². The number of amides is 1. The standard InChI is InChI=1S/C16H18N2O.CH4/c19-16(18-13-8-10-17-11-9-13)15-7-3-5-12-4-1-2-6-14(12)15;/h1-7,13,17H,8-11H2,(H,18,19);1H4. The predicted octanol–water partition coefficient (Wildman–Crippen LogP) is 2.96. The van der Waals surface area contributed by atoms with Gasteiger partial charge in [-0.25, -0.2) is 0 Å². The average molecular weight is 270 g/mol. The van der Waals surface area contributed by atoms with Crippen LogP contribution in [0, 0.1) is 0 Å². The molecule has 0 spiro atoms. The lowest BCUT2D eigenvalue weighted by Crippen LogP contribution is -2.42. The second-order valence-electron chi connectivity index (χ2n) is 5.02. The van der Waals surface area contributed by atoms with Crippen LogP contribution < -0.4 is 10.6 Å². The summed E-state index contributed by atoms with van der Waals surface area (Å²) in [6.07, 6.45) is 2.02. The van der Waals surface area contributed by atoms with E-state index in [2.05, 4.69) is 10.6 Å². The van der Waals surface area contributed by atoms with E-state index in [0.717, 1.165) is 42.3 Å². The highest BCUT2D eigenvalue weighted by atomic mass is 16.1. The minimum absolute atomic E-state index is 0. The molecule has 1 aliphatic heterocycles. The van der Waals surface area contributed by atoms with Crippen LogP contribution in [0.3, 0.4) is 0 Å². The fourth-order valence-electron chi connectivity index (χ4n) is 2.65. The Labute approximate surface area is 120 Å². The molecule has 1 amide bonds. The van der Waals surface area contributed by atoms with Crippen molar-refractivity contribution in [2.24, 2.45) is 0 Å². The van der Waals surface area contributed by atoms with Gasteiger partial charge in [-0.3, -0.25) is 4.79 Å². The molecule has 3 heteroatoms. The van der Waals surface area contributed by atoms with E-state index in [4.69, 9.17) is 0 Å². The number of carbonyl (C=O) groups is 1. The van der Waals surface area contributed by atoms with E-state index in [0.29, 0.717) is 6.04 Å². The lowest BCUT2D eigenvalue weighted by Gasteiger charge is -2.23. The summed E-state index contributed by atoms with van der Waals surface area (Å²) in [5.41, 5.74) is 0.775. The fourth-order valence-corrected chi connectivity index (χ4v) is 2.65. The summed E-state index contributed by atoms with van der Waals surface area (Å²) in [5.74, 6) is 0.0451. The van der Waals surface area contributed by atoms with E-state index in [1.165, 1.54) is 0 Å². The summed E-state index contributed by atoms with van der Waals surface area (Å²) >= 11 is 0. The van der Waals surface area contributed by atoms with Gasteiger partial charge in [-0.2, -0.15) is 0 Å². The topological polar surface area (TPSA) is 41.1 Å². The van der Waals surface area contributed by atoms with Crippen LogP contribution in [0.2, 0.25) is 0 Å². The number of hydrogen-bond acceptors (Lipinski definition) is 2. The molecule has 2 aromatic rings. The van der Waals surface area contributed by atoms with Crippen LogP contribution >= 0.6 is 0 Å². The highest BCUT2D eigenvalue weighted by molar-refractivity contribution is 6.07. The third-order valence-electron chi connectivity index (χ3n) is 3.71. The van der Waals surface area contributed by atoms with Gasteiger partial charge >= 0.3 is 0 Å². The lowest BCUT2D eigenvalue weighted by atomic mass is 10.0. The predicted molar refractivity (Wildman–Crippen MR) is 84.0 cm³/mol. The van der Waals surface area contributed by atoms with Crippen molar-refractivity contribution in [3.8, 4) is 0 Å². The maximum absolute atomic E-state index is 12.4. The summed E-state index contributed by atoms with van der Waals surface area (Å²) in [6.45, 7) is 1.97. The molecule has 0 radical (unpaired) electrons. The van der Waals surface area contributed by atoms with Crippen molar-refractivity contribution >= 4 is 16.7 Å². The van der Waals surface area contributed by atoms with Crippen molar-refractivity contribution in [2.75, 3.05) is 13.1 Å². The van der Waals surface area contributed by atoms with Gasteiger partial charge in [0, 0.05) is 11.6 Å². The number of benzene rings is 2. The number of hydrogen-bond donors (Lipinski definition) is 2. The Morgan fingerprint density at radius 3 is 2.55 bits per heavy atom. The van der Waals surface area contributed by atoms with Crippen molar-refractivity contribution in [3.63, 3.8) is 0 Å². The smallest absolute Gasteiger partial charge is 0.252 e. The first-order valence-electron chi connectivity index (χ1n) is 6.84. The van der Waals surface area contributed by atoms with E-state index in [1.807, 2.05) is 42.5 Å². The van der Waals surface area contributed by atoms with Crippen LogP contribution in [0.15, 0.2) is 42.5 Å². The molecule has 1 fully saturated rings. The molecule has 106 valence electrons. The van der Waals surface area contributed by atoms with Crippen molar-refractivity contribution in [1.82, 2.24) is 10.6 Å². The van der Waals surface area contributed by atoms with Crippen LogP contribution in [0.5, 0.6) is 0 Å². The maximum atomic E-state index is 12.4. The quantitative estimate of drug-likeness (QED) is 0.881. The monoisotopic (exact) mass is 270 g/mol. The minimum Gasteiger partial charge on any atom is -0.349 e. The van der Waals surface area contributed by atoms with Crippen LogP contribution in [0.4, 0.5) is 0 Å². The van der Waals surface area contributed by atoms with E-state index in [-0.39, 0.29) is 13.3 Å². The van der Waals surface area contributed by atoms with Gasteiger partial charge in [0.2, 0.25) is 0 Å². The Kier molecular flexibility index (Phi) is 4.74. The molecule has 0 saturated carbocycles. The highest BCUT2D eigenvalue weighted by Crippen LogP contribution is 2.18. The molecule has 3 nitrogen and oxygen atoms in total. The first-order valence-corrected chi connectivity index (χ1v) is 6.84. The molecule has 1 saturated heterocycles. The molecule has 1 heterocycles. The van der Waals surface area contributed by atoms with Crippen LogP contribution in [0.1, 0.15) is 30.6 Å². The third-order valence-corrected chi connectivity index (χ3v) is 3.71. The van der Waals surface area contributed by atoms with Crippen LogP contribution in [0.25, 0.3) is 10.8 Å². The van der Waals surface area contributed by atoms with Gasteiger partial charge in [0.05, 0.1) is 0 Å². The van der Waals surface area contributed by atoms with Crippen LogP contribution in [-0.4, -0.2) is 25.0 Å². The van der Waals surface area contributed by atoms with Gasteiger partial charge in [0.15, 0.2) is 0 Å². The van der Waals surface area contributed by atoms with E-state index < -0.39 is 0 Å². The Hall–Kier alpha value is -1.87. The van der Waals surface area contributed by atoms with E-state index >= 15 is 0 Å². The van der Waals surface area contributed by atoms with E-state index in [1.54, 1.807) is 0 Å². The van der Waals surface area contributed by atoms with Crippen molar-refractivity contribution < 1.29 is 4.79 Å². The summed E-state index contributed by atoms with van der Waals surface area (Å²) in [7, 11) is 0. The number of nitrogens with one attached hydrogen (secondary N) is 2. The van der Waals surface area contributed by atoms with Crippen molar-refractivity contribution in [1.29, 1.82) is 0 Å². The molecule has 0 atom stereocenters. The molecule has 0 unspecified atom stereocenters. The summed E-state index contributed by atoms with van der Waals surface area (Å²) in [4.78, 5) is 12.4. The Morgan fingerprint density at radius 1 is 1.05 bits per heavy atom. The largest absolute Gasteiger partial charge is 0.349 e. The maximum Gasteiger partial charge on any atom is 0.252 e. The molecular weight excluding hydrogens is 248 g/mol. The highest BCUT2D eigenvalue weighted by Gasteiger charge is 2.17. The fraction of sp³-hybridized carbons (Fsp3) is 0.353. The molecular formula is C17H22N2O. The second-order valence-corrected chi connectivity index (χ2v) is 5.02. The van der Waals surface area contributed by atoms with Gasteiger partial charge < -0.3 is 10.6 Å². The average Bonchev–Trinajstić information content (AvgIpc) is 2.47. The summed E-state index contributed by atoms with van der Waals surface area (Å²) < 4.78 is 0. The molecule has 1 aliphatic rings. The van der Waals surface area contributed by atoms with Crippen LogP contribution in [-0.2, 0) is 0 Å². The minimum atomic E-state index is 0. The van der Waals surface area contributed by atoms with Gasteiger partial charge in [-0.15, -0.1) is 0 Å². The lowest BCUT2D eigenvalue weighted by molar-refractivity contribution is 0.0931. The zero-order valence-electron chi connectivity index (χ0n) is 10.9. The number of carbonyl (C=O) groups excluding carboxylic acids is 1. The normalized spacial score (nSPS) is 15.6. The van der Waals surface area contributed by atoms with Crippen molar-refractivity contribution in [2.45, 2.75) is 26.3 Å².